The molecule has 1 unspecified atom stereocenters. The SMILES string of the molecule is O=C(CN1CCCNCC1)N1CCCC1c1cccs1. The van der Waals surface area contributed by atoms with Gasteiger partial charge in [0.05, 0.1) is 12.6 Å². The van der Waals surface area contributed by atoms with Crippen molar-refractivity contribution in [2.24, 2.45) is 0 Å². The molecule has 1 atom stereocenters. The summed E-state index contributed by atoms with van der Waals surface area (Å²) in [5, 5.41) is 5.49. The van der Waals surface area contributed by atoms with E-state index in [2.05, 4.69) is 32.6 Å². The highest BCUT2D eigenvalue weighted by Gasteiger charge is 2.31. The maximum Gasteiger partial charge on any atom is 0.237 e. The highest BCUT2D eigenvalue weighted by Crippen LogP contribution is 2.34. The summed E-state index contributed by atoms with van der Waals surface area (Å²) in [7, 11) is 0. The molecule has 3 rings (SSSR count). The van der Waals surface area contributed by atoms with Crippen LogP contribution in [0.4, 0.5) is 0 Å². The van der Waals surface area contributed by atoms with Gasteiger partial charge in [-0.1, -0.05) is 6.07 Å². The van der Waals surface area contributed by atoms with E-state index in [9.17, 15) is 4.79 Å². The standard InChI is InChI=1S/C15H23N3OS/c19-15(12-17-8-3-6-16-7-10-17)18-9-1-4-13(18)14-5-2-11-20-14/h2,5,11,13,16H,1,3-4,6-10,12H2. The van der Waals surface area contributed by atoms with E-state index >= 15 is 0 Å². The number of carbonyl (C=O) groups excluding carboxylic acids is 1. The Morgan fingerprint density at radius 3 is 3.10 bits per heavy atom. The summed E-state index contributed by atoms with van der Waals surface area (Å²) in [6.07, 6.45) is 3.39. The second-order valence-electron chi connectivity index (χ2n) is 5.64. The summed E-state index contributed by atoms with van der Waals surface area (Å²) in [5.41, 5.74) is 0. The average Bonchev–Trinajstić information content (AvgIpc) is 3.07. The lowest BCUT2D eigenvalue weighted by molar-refractivity contribution is -0.133. The summed E-state index contributed by atoms with van der Waals surface area (Å²) < 4.78 is 0. The Morgan fingerprint density at radius 1 is 1.30 bits per heavy atom. The molecular weight excluding hydrogens is 270 g/mol. The van der Waals surface area contributed by atoms with Gasteiger partial charge in [-0.05, 0) is 43.8 Å². The van der Waals surface area contributed by atoms with Crippen molar-refractivity contribution in [3.05, 3.63) is 22.4 Å². The van der Waals surface area contributed by atoms with Crippen molar-refractivity contribution in [2.45, 2.75) is 25.3 Å². The van der Waals surface area contributed by atoms with Crippen LogP contribution in [-0.4, -0.2) is 55.0 Å². The van der Waals surface area contributed by atoms with Crippen LogP contribution in [0.15, 0.2) is 17.5 Å². The molecule has 110 valence electrons. The number of hydrogen-bond donors (Lipinski definition) is 1. The Bertz CT molecular complexity index is 426. The van der Waals surface area contributed by atoms with Gasteiger partial charge in [0.1, 0.15) is 0 Å². The molecule has 2 fully saturated rings. The molecule has 1 N–H and O–H groups in total. The van der Waals surface area contributed by atoms with Crippen molar-refractivity contribution in [3.8, 4) is 0 Å². The van der Waals surface area contributed by atoms with Gasteiger partial charge in [0.25, 0.3) is 0 Å². The maximum absolute atomic E-state index is 12.6. The Morgan fingerprint density at radius 2 is 2.25 bits per heavy atom. The lowest BCUT2D eigenvalue weighted by Crippen LogP contribution is -2.41. The molecule has 4 nitrogen and oxygen atoms in total. The van der Waals surface area contributed by atoms with Crippen LogP contribution < -0.4 is 5.32 Å². The van der Waals surface area contributed by atoms with Crippen molar-refractivity contribution in [2.75, 3.05) is 39.3 Å². The third-order valence-corrected chi connectivity index (χ3v) is 5.21. The molecule has 0 aromatic carbocycles. The predicted molar refractivity (Wildman–Crippen MR) is 81.9 cm³/mol. The summed E-state index contributed by atoms with van der Waals surface area (Å²) in [4.78, 5) is 18.3. The average molecular weight is 293 g/mol. The topological polar surface area (TPSA) is 35.6 Å². The number of nitrogens with one attached hydrogen (secondary N) is 1. The van der Waals surface area contributed by atoms with Crippen molar-refractivity contribution in [1.82, 2.24) is 15.1 Å². The molecule has 2 aliphatic rings. The quantitative estimate of drug-likeness (QED) is 0.921. The minimum absolute atomic E-state index is 0.308. The van der Waals surface area contributed by atoms with Crippen LogP contribution in [0, 0.1) is 0 Å². The van der Waals surface area contributed by atoms with E-state index in [1.165, 1.54) is 4.88 Å². The minimum Gasteiger partial charge on any atom is -0.334 e. The fourth-order valence-corrected chi connectivity index (χ4v) is 4.06. The number of likely N-dealkylation sites (tertiary alicyclic amines) is 1. The maximum atomic E-state index is 12.6. The van der Waals surface area contributed by atoms with Gasteiger partial charge in [-0.3, -0.25) is 9.69 Å². The lowest BCUT2D eigenvalue weighted by atomic mass is 10.2. The summed E-state index contributed by atoms with van der Waals surface area (Å²) >= 11 is 1.77. The van der Waals surface area contributed by atoms with E-state index in [-0.39, 0.29) is 0 Å². The third kappa shape index (κ3) is 3.22. The molecule has 3 heterocycles. The van der Waals surface area contributed by atoms with E-state index in [4.69, 9.17) is 0 Å². The molecule has 0 saturated carbocycles. The first-order valence-electron chi connectivity index (χ1n) is 7.60. The Labute approximate surface area is 124 Å². The molecule has 1 aromatic rings. The number of hydrogen-bond acceptors (Lipinski definition) is 4. The van der Waals surface area contributed by atoms with Crippen molar-refractivity contribution in [1.29, 1.82) is 0 Å². The first kappa shape index (κ1) is 14.0. The molecule has 1 aromatic heterocycles. The molecule has 0 radical (unpaired) electrons. The van der Waals surface area contributed by atoms with Gasteiger partial charge in [-0.2, -0.15) is 0 Å². The molecular formula is C15H23N3OS. The normalized spacial score (nSPS) is 24.8. The molecule has 0 aliphatic carbocycles. The smallest absolute Gasteiger partial charge is 0.237 e. The highest BCUT2D eigenvalue weighted by atomic mass is 32.1. The summed E-state index contributed by atoms with van der Waals surface area (Å²) in [6.45, 7) is 5.62. The molecule has 5 heteroatoms. The zero-order valence-corrected chi connectivity index (χ0v) is 12.7. The molecule has 2 saturated heterocycles. The van der Waals surface area contributed by atoms with Crippen LogP contribution in [0.3, 0.4) is 0 Å². The van der Waals surface area contributed by atoms with Gasteiger partial charge in [0, 0.05) is 24.5 Å². The van der Waals surface area contributed by atoms with Crippen LogP contribution >= 0.6 is 11.3 Å². The zero-order chi connectivity index (χ0) is 13.8. The fourth-order valence-electron chi connectivity index (χ4n) is 3.18. The Balaban J connectivity index is 1.61. The molecule has 0 spiro atoms. The van der Waals surface area contributed by atoms with Crippen LogP contribution in [0.5, 0.6) is 0 Å². The molecule has 20 heavy (non-hydrogen) atoms. The second-order valence-corrected chi connectivity index (χ2v) is 6.62. The summed E-state index contributed by atoms with van der Waals surface area (Å²) in [6, 6.07) is 4.57. The predicted octanol–water partition coefficient (Wildman–Crippen LogP) is 1.71. The number of rotatable bonds is 3. The third-order valence-electron chi connectivity index (χ3n) is 4.24. The monoisotopic (exact) mass is 293 g/mol. The number of nitrogens with zero attached hydrogens (tertiary/aromatic N) is 2. The Hall–Kier alpha value is -0.910. The number of amides is 1. The van der Waals surface area contributed by atoms with Crippen LogP contribution in [0.2, 0.25) is 0 Å². The van der Waals surface area contributed by atoms with Crippen molar-refractivity contribution < 1.29 is 4.79 Å². The van der Waals surface area contributed by atoms with Crippen molar-refractivity contribution in [3.63, 3.8) is 0 Å². The second kappa shape index (κ2) is 6.70. The Kier molecular flexibility index (Phi) is 4.70. The first-order chi connectivity index (χ1) is 9.84. The van der Waals surface area contributed by atoms with Gasteiger partial charge >= 0.3 is 0 Å². The zero-order valence-electron chi connectivity index (χ0n) is 11.9. The largest absolute Gasteiger partial charge is 0.334 e. The first-order valence-corrected chi connectivity index (χ1v) is 8.48. The molecule has 2 aliphatic heterocycles. The molecule has 1 amide bonds. The van der Waals surface area contributed by atoms with E-state index in [0.717, 1.165) is 52.0 Å². The highest BCUT2D eigenvalue weighted by molar-refractivity contribution is 7.10. The van der Waals surface area contributed by atoms with E-state index in [1.54, 1.807) is 11.3 Å². The van der Waals surface area contributed by atoms with E-state index in [0.29, 0.717) is 18.5 Å². The van der Waals surface area contributed by atoms with Crippen LogP contribution in [0.1, 0.15) is 30.2 Å². The van der Waals surface area contributed by atoms with Gasteiger partial charge in [0.15, 0.2) is 0 Å². The minimum atomic E-state index is 0.308. The summed E-state index contributed by atoms with van der Waals surface area (Å²) in [5.74, 6) is 0.308. The fraction of sp³-hybridized carbons (Fsp3) is 0.667. The van der Waals surface area contributed by atoms with Gasteiger partial charge in [0.2, 0.25) is 5.91 Å². The van der Waals surface area contributed by atoms with Crippen LogP contribution in [-0.2, 0) is 4.79 Å². The lowest BCUT2D eigenvalue weighted by Gasteiger charge is -2.27. The number of thiophene rings is 1. The van der Waals surface area contributed by atoms with Gasteiger partial charge in [-0.25, -0.2) is 0 Å². The molecule has 0 bridgehead atoms. The van der Waals surface area contributed by atoms with Gasteiger partial charge < -0.3 is 10.2 Å². The van der Waals surface area contributed by atoms with Gasteiger partial charge in [-0.15, -0.1) is 11.3 Å². The number of carbonyl (C=O) groups is 1. The van der Waals surface area contributed by atoms with E-state index < -0.39 is 0 Å². The van der Waals surface area contributed by atoms with E-state index in [1.807, 2.05) is 0 Å². The van der Waals surface area contributed by atoms with Crippen molar-refractivity contribution >= 4 is 17.2 Å². The van der Waals surface area contributed by atoms with Crippen LogP contribution in [0.25, 0.3) is 0 Å².